The van der Waals surface area contributed by atoms with Crippen LogP contribution in [0.3, 0.4) is 0 Å². The molecule has 2 aromatic heterocycles. The monoisotopic (exact) mass is 479 g/mol. The van der Waals surface area contributed by atoms with Gasteiger partial charge < -0.3 is 5.73 Å². The summed E-state index contributed by atoms with van der Waals surface area (Å²) in [5, 5.41) is 10.7. The van der Waals surface area contributed by atoms with Gasteiger partial charge in [-0.15, -0.1) is 10.2 Å². The molecule has 0 amide bonds. The number of nitrogens with zero attached hydrogens (tertiary/aromatic N) is 4. The van der Waals surface area contributed by atoms with E-state index in [0.717, 1.165) is 27.1 Å². The average Bonchev–Trinajstić information content (AvgIpc) is 2.84. The molecule has 8 nitrogen and oxygen atoms in total. The Morgan fingerprint density at radius 2 is 1.74 bits per heavy atom. The number of halogens is 1. The average molecular weight is 480 g/mol. The van der Waals surface area contributed by atoms with Crippen LogP contribution in [0.5, 0.6) is 0 Å². The van der Waals surface area contributed by atoms with Crippen LogP contribution in [-0.4, -0.2) is 30.9 Å². The third kappa shape index (κ3) is 4.24. The SMILES string of the molecule is CCCn1c(N)c(C(=O)CSc2nnc(-c3ccc(F)cc3)c3ccccc23)c(=O)n(C)c1=O. The molecule has 0 fully saturated rings. The number of thioether (sulfide) groups is 1. The van der Waals surface area contributed by atoms with Crippen LogP contribution < -0.4 is 17.0 Å². The molecule has 4 rings (SSSR count). The first-order valence-corrected chi connectivity index (χ1v) is 11.6. The van der Waals surface area contributed by atoms with Crippen molar-refractivity contribution < 1.29 is 9.18 Å². The number of rotatable bonds is 7. The molecule has 4 aromatic rings. The third-order valence-electron chi connectivity index (χ3n) is 5.42. The minimum atomic E-state index is -0.719. The minimum absolute atomic E-state index is 0.113. The summed E-state index contributed by atoms with van der Waals surface area (Å²) in [5.41, 5.74) is 5.89. The molecule has 0 saturated carbocycles. The second-order valence-corrected chi connectivity index (χ2v) is 8.64. The minimum Gasteiger partial charge on any atom is -0.384 e. The molecule has 0 atom stereocenters. The van der Waals surface area contributed by atoms with E-state index in [1.807, 2.05) is 31.2 Å². The van der Waals surface area contributed by atoms with Crippen molar-refractivity contribution in [3.63, 3.8) is 0 Å². The first-order chi connectivity index (χ1) is 16.3. The highest BCUT2D eigenvalue weighted by molar-refractivity contribution is 8.00. The first-order valence-electron chi connectivity index (χ1n) is 10.6. The van der Waals surface area contributed by atoms with Crippen LogP contribution in [0.25, 0.3) is 22.0 Å². The number of nitrogens with two attached hydrogens (primary N) is 1. The molecular weight excluding hydrogens is 457 g/mol. The Bertz CT molecular complexity index is 1510. The zero-order valence-corrected chi connectivity index (χ0v) is 19.4. The van der Waals surface area contributed by atoms with Gasteiger partial charge in [0.1, 0.15) is 27.9 Å². The summed E-state index contributed by atoms with van der Waals surface area (Å²) >= 11 is 1.13. The highest BCUT2D eigenvalue weighted by atomic mass is 32.2. The Hall–Kier alpha value is -3.79. The van der Waals surface area contributed by atoms with E-state index in [1.165, 1.54) is 23.7 Å². The second kappa shape index (κ2) is 9.60. The maximum Gasteiger partial charge on any atom is 0.332 e. The van der Waals surface area contributed by atoms with Crippen LogP contribution >= 0.6 is 11.8 Å². The molecule has 2 N–H and O–H groups in total. The fourth-order valence-corrected chi connectivity index (χ4v) is 4.54. The van der Waals surface area contributed by atoms with Gasteiger partial charge in [-0.05, 0) is 30.7 Å². The molecule has 0 unspecified atom stereocenters. The van der Waals surface area contributed by atoms with Crippen LogP contribution in [-0.2, 0) is 13.6 Å². The van der Waals surface area contributed by atoms with Gasteiger partial charge in [0.05, 0.1) is 5.75 Å². The molecule has 2 aromatic carbocycles. The molecular formula is C24H22FN5O3S. The van der Waals surface area contributed by atoms with Gasteiger partial charge in [-0.2, -0.15) is 0 Å². The fourth-order valence-electron chi connectivity index (χ4n) is 3.70. The second-order valence-electron chi connectivity index (χ2n) is 7.68. The van der Waals surface area contributed by atoms with E-state index in [0.29, 0.717) is 29.2 Å². The summed E-state index contributed by atoms with van der Waals surface area (Å²) in [6.07, 6.45) is 0.618. The van der Waals surface area contributed by atoms with Crippen LogP contribution in [0.2, 0.25) is 0 Å². The van der Waals surface area contributed by atoms with E-state index in [4.69, 9.17) is 5.73 Å². The summed E-state index contributed by atoms with van der Waals surface area (Å²) in [6, 6.07) is 13.4. The van der Waals surface area contributed by atoms with E-state index in [2.05, 4.69) is 10.2 Å². The number of hydrogen-bond acceptors (Lipinski definition) is 7. The van der Waals surface area contributed by atoms with Crippen molar-refractivity contribution in [3.05, 3.63) is 80.7 Å². The highest BCUT2D eigenvalue weighted by Gasteiger charge is 2.22. The fraction of sp³-hybridized carbons (Fsp3) is 0.208. The molecule has 0 aliphatic rings. The van der Waals surface area contributed by atoms with E-state index in [1.54, 1.807) is 12.1 Å². The maximum absolute atomic E-state index is 13.3. The lowest BCUT2D eigenvalue weighted by Gasteiger charge is -2.14. The highest BCUT2D eigenvalue weighted by Crippen LogP contribution is 2.32. The molecule has 0 radical (unpaired) electrons. The van der Waals surface area contributed by atoms with Gasteiger partial charge in [-0.25, -0.2) is 9.18 Å². The number of anilines is 1. The van der Waals surface area contributed by atoms with Crippen LogP contribution in [0.1, 0.15) is 23.7 Å². The Kier molecular flexibility index (Phi) is 6.60. The van der Waals surface area contributed by atoms with Crippen LogP contribution in [0.4, 0.5) is 10.2 Å². The van der Waals surface area contributed by atoms with E-state index < -0.39 is 17.0 Å². The molecule has 0 bridgehead atoms. The van der Waals surface area contributed by atoms with Crippen molar-refractivity contribution in [2.24, 2.45) is 7.05 Å². The predicted molar refractivity (Wildman–Crippen MR) is 131 cm³/mol. The third-order valence-corrected chi connectivity index (χ3v) is 6.40. The van der Waals surface area contributed by atoms with E-state index in [-0.39, 0.29) is 23.0 Å². The van der Waals surface area contributed by atoms with Gasteiger partial charge in [-0.3, -0.25) is 18.7 Å². The van der Waals surface area contributed by atoms with E-state index >= 15 is 0 Å². The normalized spacial score (nSPS) is 11.1. The number of ketones is 1. The van der Waals surface area contributed by atoms with Crippen molar-refractivity contribution in [1.29, 1.82) is 0 Å². The summed E-state index contributed by atoms with van der Waals surface area (Å²) < 4.78 is 15.5. The Labute approximate surface area is 198 Å². The first kappa shape index (κ1) is 23.4. The van der Waals surface area contributed by atoms with Gasteiger partial charge in [0.15, 0.2) is 5.78 Å². The number of carbonyl (C=O) groups is 1. The number of fused-ring (bicyclic) bond motifs is 1. The van der Waals surface area contributed by atoms with Gasteiger partial charge in [0, 0.05) is 29.9 Å². The molecule has 2 heterocycles. The quantitative estimate of drug-likeness (QED) is 0.320. The number of aromatic nitrogens is 4. The summed E-state index contributed by atoms with van der Waals surface area (Å²) in [4.78, 5) is 38.0. The molecule has 174 valence electrons. The summed E-state index contributed by atoms with van der Waals surface area (Å²) in [6.45, 7) is 2.17. The Morgan fingerprint density at radius 1 is 1.06 bits per heavy atom. The largest absolute Gasteiger partial charge is 0.384 e. The maximum atomic E-state index is 13.3. The van der Waals surface area contributed by atoms with Crippen molar-refractivity contribution in [2.75, 3.05) is 11.5 Å². The van der Waals surface area contributed by atoms with Crippen molar-refractivity contribution in [3.8, 4) is 11.3 Å². The van der Waals surface area contributed by atoms with Gasteiger partial charge in [0.25, 0.3) is 5.56 Å². The lowest BCUT2D eigenvalue weighted by atomic mass is 10.1. The van der Waals surface area contributed by atoms with Crippen molar-refractivity contribution >= 4 is 34.1 Å². The predicted octanol–water partition coefficient (Wildman–Crippen LogP) is 3.26. The van der Waals surface area contributed by atoms with Crippen LogP contribution in [0.15, 0.2) is 63.1 Å². The number of nitrogen functional groups attached to an aromatic ring is 1. The molecule has 0 saturated heterocycles. The summed E-state index contributed by atoms with van der Waals surface area (Å²) in [7, 11) is 1.33. The molecule has 0 aliphatic heterocycles. The number of benzene rings is 2. The molecule has 0 aliphatic carbocycles. The lowest BCUT2D eigenvalue weighted by Crippen LogP contribution is -2.42. The Morgan fingerprint density at radius 3 is 2.41 bits per heavy atom. The van der Waals surface area contributed by atoms with Gasteiger partial charge in [0.2, 0.25) is 0 Å². The number of hydrogen-bond donors (Lipinski definition) is 1. The lowest BCUT2D eigenvalue weighted by molar-refractivity contribution is 0.102. The van der Waals surface area contributed by atoms with Crippen molar-refractivity contribution in [2.45, 2.75) is 24.9 Å². The zero-order valence-electron chi connectivity index (χ0n) is 18.6. The Balaban J connectivity index is 1.68. The topological polar surface area (TPSA) is 113 Å². The zero-order chi connectivity index (χ0) is 24.4. The molecule has 0 spiro atoms. The standard InChI is InChI=1S/C24H22FN5O3S/c1-3-12-30-21(26)19(23(32)29(2)24(30)33)18(31)13-34-22-17-7-5-4-6-16(17)20(27-28-22)14-8-10-15(25)11-9-14/h4-11H,3,12-13,26H2,1-2H3. The van der Waals surface area contributed by atoms with Gasteiger partial charge >= 0.3 is 5.69 Å². The number of Topliss-reactive ketones (excluding diaryl/α,β-unsaturated/α-hetero) is 1. The molecule has 34 heavy (non-hydrogen) atoms. The summed E-state index contributed by atoms with van der Waals surface area (Å²) in [5.74, 6) is -1.08. The van der Waals surface area contributed by atoms with E-state index in [9.17, 15) is 18.8 Å². The van der Waals surface area contributed by atoms with Crippen molar-refractivity contribution in [1.82, 2.24) is 19.3 Å². The number of carbonyl (C=O) groups excluding carboxylic acids is 1. The van der Waals surface area contributed by atoms with Gasteiger partial charge in [-0.1, -0.05) is 43.0 Å². The smallest absolute Gasteiger partial charge is 0.332 e. The molecule has 10 heteroatoms. The van der Waals surface area contributed by atoms with Crippen LogP contribution in [0, 0.1) is 5.82 Å².